The molecular formula is C82H96N2. The van der Waals surface area contributed by atoms with E-state index in [2.05, 4.69) is 189 Å². The summed E-state index contributed by atoms with van der Waals surface area (Å²) in [7, 11) is 0. The minimum atomic E-state index is 0.0203. The van der Waals surface area contributed by atoms with Crippen LogP contribution in [0.5, 0.6) is 0 Å². The third-order valence-electron chi connectivity index (χ3n) is 22.5. The van der Waals surface area contributed by atoms with Crippen LogP contribution in [0.2, 0.25) is 0 Å². The van der Waals surface area contributed by atoms with Crippen molar-refractivity contribution in [3.63, 3.8) is 0 Å². The highest BCUT2D eigenvalue weighted by Gasteiger charge is 2.35. The second-order valence-electron chi connectivity index (χ2n) is 32.3. The lowest BCUT2D eigenvalue weighted by atomic mass is 9.78. The standard InChI is InChI=1S/C82H96N2/c1-79(2,3)59-37-55(38-60(47-59)80(4,5)6)53-33-35-69-65(41-53)71-73-67-45-57(49-25-17-13-18-26-49)44-64(52-31-23-16-24-32-52)76(67)84-70-36-34-54(56-39-61(81(7,8)9)48-62(40-56)82(10,11)12)42-66(70)72(78(73)84)74-68-46-58(50-27-19-14-20-28-50)43-63(51-29-21-15-22-30-51)75(68)83(69)77(71)74/h33-52H,13-32H2,1-12H3. The zero-order chi connectivity index (χ0) is 57.9. The molecule has 0 bridgehead atoms. The summed E-state index contributed by atoms with van der Waals surface area (Å²) in [5.74, 6) is 2.36. The van der Waals surface area contributed by atoms with E-state index in [4.69, 9.17) is 0 Å². The van der Waals surface area contributed by atoms with Crippen LogP contribution in [-0.2, 0) is 21.7 Å². The molecule has 0 spiro atoms. The summed E-state index contributed by atoms with van der Waals surface area (Å²) in [6.45, 7) is 28.7. The summed E-state index contributed by atoms with van der Waals surface area (Å²) in [6, 6.07) is 41.9. The molecule has 4 aliphatic rings. The Morgan fingerprint density at radius 2 is 0.571 bits per heavy atom. The van der Waals surface area contributed by atoms with Crippen LogP contribution in [0.3, 0.4) is 0 Å². The van der Waals surface area contributed by atoms with E-state index in [1.54, 1.807) is 22.3 Å². The van der Waals surface area contributed by atoms with Gasteiger partial charge in [-0.1, -0.05) is 221 Å². The van der Waals surface area contributed by atoms with Crippen molar-refractivity contribution >= 4 is 76.2 Å². The van der Waals surface area contributed by atoms with E-state index in [1.807, 2.05) is 0 Å². The lowest BCUT2D eigenvalue weighted by molar-refractivity contribution is 0.437. The third kappa shape index (κ3) is 8.87. The van der Waals surface area contributed by atoms with Gasteiger partial charge in [0.1, 0.15) is 0 Å². The lowest BCUT2D eigenvalue weighted by Crippen LogP contribution is -2.16. The van der Waals surface area contributed by atoms with Crippen LogP contribution >= 0.6 is 0 Å². The fourth-order valence-electron chi connectivity index (χ4n) is 17.5. The number of nitrogens with zero attached hydrogens (tertiary/aromatic N) is 2. The van der Waals surface area contributed by atoms with Crippen molar-refractivity contribution in [2.45, 2.75) is 257 Å². The fraction of sp³-hybridized carbons (Fsp3) is 0.488. The van der Waals surface area contributed by atoms with Gasteiger partial charge in [-0.05, 0) is 200 Å². The number of hydrogen-bond donors (Lipinski definition) is 0. The molecule has 2 heteroatoms. The van der Waals surface area contributed by atoms with E-state index in [0.717, 1.165) is 0 Å². The second-order valence-corrected chi connectivity index (χ2v) is 32.3. The van der Waals surface area contributed by atoms with Gasteiger partial charge < -0.3 is 8.80 Å². The Hall–Kier alpha value is -5.86. The maximum atomic E-state index is 2.90. The summed E-state index contributed by atoms with van der Waals surface area (Å²) in [4.78, 5) is 0. The van der Waals surface area contributed by atoms with Gasteiger partial charge in [-0.2, -0.15) is 0 Å². The van der Waals surface area contributed by atoms with Crippen molar-refractivity contribution < 1.29 is 0 Å². The molecule has 4 aliphatic carbocycles. The maximum absolute atomic E-state index is 2.90. The molecule has 0 saturated heterocycles. The lowest BCUT2D eigenvalue weighted by Gasteiger charge is -2.27. The fourth-order valence-corrected chi connectivity index (χ4v) is 17.5. The molecule has 84 heavy (non-hydrogen) atoms. The Labute approximate surface area is 502 Å². The Kier molecular flexibility index (Phi) is 12.9. The van der Waals surface area contributed by atoms with Crippen molar-refractivity contribution in [1.29, 1.82) is 0 Å². The molecule has 0 amide bonds. The first-order valence-corrected chi connectivity index (χ1v) is 34.0. The topological polar surface area (TPSA) is 8.82 Å². The van der Waals surface area contributed by atoms with Crippen molar-refractivity contribution in [3.8, 4) is 22.3 Å². The van der Waals surface area contributed by atoms with Gasteiger partial charge in [0.2, 0.25) is 0 Å². The van der Waals surface area contributed by atoms with Crippen LogP contribution in [0.25, 0.3) is 98.4 Å². The van der Waals surface area contributed by atoms with Crippen molar-refractivity contribution in [1.82, 2.24) is 8.80 Å². The highest BCUT2D eigenvalue weighted by Crippen LogP contribution is 2.57. The van der Waals surface area contributed by atoms with Crippen LogP contribution in [0.4, 0.5) is 0 Å². The molecule has 4 saturated carbocycles. The van der Waals surface area contributed by atoms with Crippen LogP contribution in [0.15, 0.2) is 97.1 Å². The summed E-state index contributed by atoms with van der Waals surface area (Å²) in [5, 5.41) is 11.9. The number of aromatic nitrogens is 2. The minimum Gasteiger partial charge on any atom is -0.308 e. The van der Waals surface area contributed by atoms with Gasteiger partial charge >= 0.3 is 0 Å². The first kappa shape index (κ1) is 54.8. The zero-order valence-corrected chi connectivity index (χ0v) is 53.6. The monoisotopic (exact) mass is 1110 g/mol. The van der Waals surface area contributed by atoms with Crippen LogP contribution in [0.1, 0.15) is 280 Å². The number of fused-ring (bicyclic) bond motifs is 14. The largest absolute Gasteiger partial charge is 0.308 e. The van der Waals surface area contributed by atoms with Crippen LogP contribution < -0.4 is 0 Å². The summed E-state index contributed by atoms with van der Waals surface area (Å²) < 4.78 is 5.80. The zero-order valence-electron chi connectivity index (χ0n) is 53.6. The number of benzene rings is 7. The van der Waals surface area contributed by atoms with Crippen molar-refractivity contribution in [2.75, 3.05) is 0 Å². The molecule has 0 aliphatic heterocycles. The minimum absolute atomic E-state index is 0.0203. The Bertz CT molecular complexity index is 4010. The maximum Gasteiger partial charge on any atom is 0.0634 e. The molecule has 2 nitrogen and oxygen atoms in total. The molecule has 0 unspecified atom stereocenters. The molecule has 4 aromatic heterocycles. The molecule has 0 radical (unpaired) electrons. The quantitative estimate of drug-likeness (QED) is 0.157. The second kappa shape index (κ2) is 19.8. The van der Waals surface area contributed by atoms with E-state index >= 15 is 0 Å². The summed E-state index contributed by atoms with van der Waals surface area (Å²) in [6.07, 6.45) is 26.6. The molecule has 11 aromatic rings. The summed E-state index contributed by atoms with van der Waals surface area (Å²) in [5.41, 5.74) is 26.4. The first-order chi connectivity index (χ1) is 40.2. The Balaban J connectivity index is 1.16. The average Bonchev–Trinajstić information content (AvgIpc) is 1.51. The molecule has 4 fully saturated rings. The first-order valence-electron chi connectivity index (χ1n) is 34.0. The van der Waals surface area contributed by atoms with Crippen molar-refractivity contribution in [3.05, 3.63) is 142 Å². The average molecular weight is 1110 g/mol. The SMILES string of the molecule is CC(C)(C)c1cc(-c2ccc3c(c2)c2c4c5cc(C6CCCCC6)cc(C6CCCCC6)c5n5c6ccc(-c7cc(C(C)(C)C)cc(C(C)(C)C)c7)cc6c(c6c7cc(C8CCCCC8)cc(C8CCCCC8)c7n3c26)c45)cc(C(C)(C)C)c1. The van der Waals surface area contributed by atoms with Gasteiger partial charge in [0, 0.05) is 43.1 Å². The number of rotatable bonds is 6. The third-order valence-corrected chi connectivity index (χ3v) is 22.5. The van der Waals surface area contributed by atoms with Crippen LogP contribution in [-0.4, -0.2) is 8.80 Å². The Morgan fingerprint density at radius 3 is 0.881 bits per heavy atom. The molecule has 434 valence electrons. The van der Waals surface area contributed by atoms with E-state index in [0.29, 0.717) is 23.7 Å². The van der Waals surface area contributed by atoms with E-state index < -0.39 is 0 Å². The smallest absolute Gasteiger partial charge is 0.0634 e. The molecule has 7 aromatic carbocycles. The van der Waals surface area contributed by atoms with E-state index in [9.17, 15) is 0 Å². The predicted octanol–water partition coefficient (Wildman–Crippen LogP) is 24.7. The van der Waals surface area contributed by atoms with Gasteiger partial charge in [0.15, 0.2) is 0 Å². The van der Waals surface area contributed by atoms with Gasteiger partial charge in [-0.15, -0.1) is 0 Å². The molecular weight excluding hydrogens is 1010 g/mol. The van der Waals surface area contributed by atoms with Gasteiger partial charge in [0.05, 0.1) is 33.1 Å². The summed E-state index contributed by atoms with van der Waals surface area (Å²) >= 11 is 0. The molecule has 0 N–H and O–H groups in total. The van der Waals surface area contributed by atoms with Gasteiger partial charge in [0.25, 0.3) is 0 Å². The van der Waals surface area contributed by atoms with Crippen molar-refractivity contribution in [2.24, 2.45) is 0 Å². The predicted molar refractivity (Wildman–Crippen MR) is 365 cm³/mol. The highest BCUT2D eigenvalue weighted by molar-refractivity contribution is 6.45. The molecule has 0 atom stereocenters. The van der Waals surface area contributed by atoms with E-state index in [-0.39, 0.29) is 21.7 Å². The van der Waals surface area contributed by atoms with Gasteiger partial charge in [-0.3, -0.25) is 0 Å². The molecule has 15 rings (SSSR count). The number of hydrogen-bond acceptors (Lipinski definition) is 0. The normalized spacial score (nSPS) is 18.5. The molecule has 4 heterocycles. The highest BCUT2D eigenvalue weighted by atomic mass is 15.0. The van der Waals surface area contributed by atoms with Gasteiger partial charge in [-0.25, -0.2) is 0 Å². The Morgan fingerprint density at radius 1 is 0.274 bits per heavy atom. The van der Waals surface area contributed by atoms with E-state index in [1.165, 1.54) is 249 Å². The van der Waals surface area contributed by atoms with Crippen LogP contribution in [0, 0.1) is 0 Å².